The summed E-state index contributed by atoms with van der Waals surface area (Å²) >= 11 is 0. The summed E-state index contributed by atoms with van der Waals surface area (Å²) in [6, 6.07) is 29.3. The van der Waals surface area contributed by atoms with Crippen LogP contribution in [0.25, 0.3) is 10.8 Å². The van der Waals surface area contributed by atoms with Crippen LogP contribution in [0.5, 0.6) is 5.75 Å². The fourth-order valence-electron chi connectivity index (χ4n) is 5.96. The molecule has 2 atom stereocenters. The van der Waals surface area contributed by atoms with Gasteiger partial charge in [-0.1, -0.05) is 66.7 Å². The molecule has 0 saturated heterocycles. The van der Waals surface area contributed by atoms with Crippen LogP contribution in [0.1, 0.15) is 37.3 Å². The maximum absolute atomic E-state index is 14.0. The summed E-state index contributed by atoms with van der Waals surface area (Å²) < 4.78 is 36.2. The van der Waals surface area contributed by atoms with Crippen LogP contribution in [0.2, 0.25) is 0 Å². The molecule has 8 nitrogen and oxygen atoms in total. The minimum atomic E-state index is -4.94. The van der Waals surface area contributed by atoms with Gasteiger partial charge in [0.2, 0.25) is 11.7 Å². The van der Waals surface area contributed by atoms with Crippen molar-refractivity contribution in [3.05, 3.63) is 102 Å². The number of fused-ring (bicyclic) bond motifs is 3. The average molecular weight is 547 g/mol. The Labute approximate surface area is 227 Å². The third-order valence-corrected chi connectivity index (χ3v) is 7.55. The van der Waals surface area contributed by atoms with Crippen LogP contribution in [0.15, 0.2) is 91.0 Å². The molecule has 2 heterocycles. The van der Waals surface area contributed by atoms with Gasteiger partial charge < -0.3 is 10.4 Å². The SMILES string of the molecule is CC1(C)C2=[N+](c3ccccc31)[C@@H](C(=O)Nc1ccccc1)[C@H](c1c(O)ccc3ccccc13)C2.[O-][Cl+3]([O-])([O-])[O-]. The Morgan fingerprint density at radius 2 is 1.51 bits per heavy atom. The van der Waals surface area contributed by atoms with E-state index in [1.165, 1.54) is 11.3 Å². The second-order valence-corrected chi connectivity index (χ2v) is 10.9. The van der Waals surface area contributed by atoms with Gasteiger partial charge in [-0.3, -0.25) is 4.79 Å². The molecule has 9 heteroatoms. The highest BCUT2D eigenvalue weighted by atomic mass is 35.7. The van der Waals surface area contributed by atoms with Crippen molar-refractivity contribution in [2.24, 2.45) is 0 Å². The minimum Gasteiger partial charge on any atom is -0.508 e. The summed E-state index contributed by atoms with van der Waals surface area (Å²) in [5.41, 5.74) is 4.96. The molecule has 2 aliphatic rings. The van der Waals surface area contributed by atoms with E-state index in [1.54, 1.807) is 6.07 Å². The molecule has 2 N–H and O–H groups in total. The Kier molecular flexibility index (Phi) is 6.92. The number of phenols is 1. The van der Waals surface area contributed by atoms with Crippen molar-refractivity contribution in [3.63, 3.8) is 0 Å². The average Bonchev–Trinajstić information content (AvgIpc) is 3.38. The summed E-state index contributed by atoms with van der Waals surface area (Å²) in [6.07, 6.45) is 0.704. The van der Waals surface area contributed by atoms with Crippen molar-refractivity contribution in [3.8, 4) is 5.75 Å². The Bertz CT molecular complexity index is 1570. The van der Waals surface area contributed by atoms with E-state index < -0.39 is 16.3 Å². The molecule has 0 bridgehead atoms. The van der Waals surface area contributed by atoms with Gasteiger partial charge in [0.15, 0.2) is 5.71 Å². The van der Waals surface area contributed by atoms with Crippen molar-refractivity contribution in [1.29, 1.82) is 0 Å². The first-order valence-corrected chi connectivity index (χ1v) is 13.6. The summed E-state index contributed by atoms with van der Waals surface area (Å²) in [7, 11) is -4.94. The lowest BCUT2D eigenvalue weighted by Gasteiger charge is -2.22. The largest absolute Gasteiger partial charge is 0.508 e. The van der Waals surface area contributed by atoms with Crippen LogP contribution in [0, 0.1) is 10.2 Å². The molecule has 4 aromatic rings. The zero-order valence-corrected chi connectivity index (χ0v) is 22.1. The number of hydrogen-bond acceptors (Lipinski definition) is 6. The number of benzene rings is 4. The molecule has 0 aliphatic carbocycles. The van der Waals surface area contributed by atoms with Crippen molar-refractivity contribution >= 4 is 33.8 Å². The number of rotatable bonds is 3. The zero-order valence-electron chi connectivity index (χ0n) is 21.3. The highest BCUT2D eigenvalue weighted by Gasteiger charge is 2.58. The van der Waals surface area contributed by atoms with Crippen LogP contribution >= 0.6 is 0 Å². The third kappa shape index (κ3) is 5.13. The van der Waals surface area contributed by atoms with Crippen LogP contribution in [0.3, 0.4) is 0 Å². The van der Waals surface area contributed by atoms with Gasteiger partial charge in [0.25, 0.3) is 5.91 Å². The monoisotopic (exact) mass is 546 g/mol. The van der Waals surface area contributed by atoms with E-state index in [2.05, 4.69) is 48.0 Å². The quantitative estimate of drug-likeness (QED) is 0.371. The number of carbonyl (C=O) groups excluding carboxylic acids is 1. The summed E-state index contributed by atoms with van der Waals surface area (Å²) in [6.45, 7) is 4.47. The summed E-state index contributed by atoms with van der Waals surface area (Å²) in [5, 5.41) is 16.3. The molecule has 6 rings (SSSR count). The molecular weight excluding hydrogens is 520 g/mol. The summed E-state index contributed by atoms with van der Waals surface area (Å²) in [5.74, 6) is -0.00226. The standard InChI is InChI=1S/C30H26N2O2.ClHO4/c1-30(2)23-14-8-9-15-24(23)32-26(30)18-22(28(32)29(34)31-20-11-4-3-5-12-20)27-21-13-7-6-10-19(21)16-17-25(27)33;2-1(3,4)5/h3-17,22,28H,18H2,1-2H3,(H-,31,33,34);(H,2,3,4,5)/t22-,28+;/m0./s1. The maximum Gasteiger partial charge on any atom is 0.294 e. The Hall–Kier alpha value is -3.79. The fraction of sp³-hybridized carbons (Fsp3) is 0.200. The smallest absolute Gasteiger partial charge is 0.294 e. The molecule has 1 amide bonds. The summed E-state index contributed by atoms with van der Waals surface area (Å²) in [4.78, 5) is 14.0. The predicted molar refractivity (Wildman–Crippen MR) is 136 cm³/mol. The highest BCUT2D eigenvalue weighted by Crippen LogP contribution is 2.51. The molecule has 39 heavy (non-hydrogen) atoms. The third-order valence-electron chi connectivity index (χ3n) is 7.55. The number of nitrogens with zero attached hydrogens (tertiary/aromatic N) is 1. The molecular formula is C30H27ClN2O6. The number of anilines is 1. The molecule has 4 aromatic carbocycles. The van der Waals surface area contributed by atoms with Crippen molar-refractivity contribution in [2.75, 3.05) is 5.32 Å². The molecule has 0 aromatic heterocycles. The Morgan fingerprint density at radius 3 is 2.23 bits per heavy atom. The topological polar surface area (TPSA) is 145 Å². The van der Waals surface area contributed by atoms with Gasteiger partial charge in [-0.15, -0.1) is 10.2 Å². The van der Waals surface area contributed by atoms with Crippen LogP contribution < -0.4 is 24.0 Å². The van der Waals surface area contributed by atoms with Gasteiger partial charge in [0.1, 0.15) is 5.75 Å². The lowest BCUT2D eigenvalue weighted by atomic mass is 9.76. The molecule has 0 saturated carbocycles. The normalized spacial score (nSPS) is 19.2. The van der Waals surface area contributed by atoms with Crippen molar-refractivity contribution < 1.29 is 43.4 Å². The zero-order chi connectivity index (χ0) is 27.9. The number of phenolic OH excluding ortho intramolecular Hbond substituents is 1. The molecule has 0 radical (unpaired) electrons. The first-order valence-electron chi connectivity index (χ1n) is 12.4. The van der Waals surface area contributed by atoms with E-state index in [0.717, 1.165) is 27.7 Å². The first kappa shape index (κ1) is 26.8. The van der Waals surface area contributed by atoms with Crippen molar-refractivity contribution in [2.45, 2.75) is 37.6 Å². The van der Waals surface area contributed by atoms with Crippen LogP contribution in [-0.4, -0.2) is 27.3 Å². The molecule has 0 unspecified atom stereocenters. The highest BCUT2D eigenvalue weighted by molar-refractivity contribution is 6.03. The van der Waals surface area contributed by atoms with E-state index in [-0.39, 0.29) is 23.0 Å². The van der Waals surface area contributed by atoms with Gasteiger partial charge in [-0.05, 0) is 42.8 Å². The predicted octanol–water partition coefficient (Wildman–Crippen LogP) is 1.36. The second kappa shape index (κ2) is 10.1. The minimum absolute atomic E-state index is 0.0639. The number of amides is 1. The first-order chi connectivity index (χ1) is 18.5. The van der Waals surface area contributed by atoms with E-state index in [4.69, 9.17) is 18.6 Å². The van der Waals surface area contributed by atoms with Gasteiger partial charge in [0.05, 0.1) is 11.3 Å². The van der Waals surface area contributed by atoms with Gasteiger partial charge in [-0.2, -0.15) is 4.58 Å². The van der Waals surface area contributed by atoms with Gasteiger partial charge in [-0.25, -0.2) is 18.6 Å². The van der Waals surface area contributed by atoms with E-state index >= 15 is 0 Å². The van der Waals surface area contributed by atoms with Gasteiger partial charge in [0, 0.05) is 29.3 Å². The van der Waals surface area contributed by atoms with Crippen LogP contribution in [-0.2, 0) is 10.2 Å². The lowest BCUT2D eigenvalue weighted by molar-refractivity contribution is -2.00. The maximum atomic E-state index is 14.0. The number of hydrogen-bond donors (Lipinski definition) is 2. The fourth-order valence-corrected chi connectivity index (χ4v) is 5.96. The molecule has 200 valence electrons. The van der Waals surface area contributed by atoms with Crippen LogP contribution in [0.4, 0.5) is 11.4 Å². The van der Waals surface area contributed by atoms with E-state index in [0.29, 0.717) is 6.42 Å². The number of nitrogens with one attached hydrogen (secondary N) is 1. The number of halogens is 1. The van der Waals surface area contributed by atoms with E-state index in [1.807, 2.05) is 60.7 Å². The van der Waals surface area contributed by atoms with Gasteiger partial charge >= 0.3 is 0 Å². The number of aromatic hydroxyl groups is 1. The lowest BCUT2D eigenvalue weighted by Crippen LogP contribution is -2.68. The molecule has 0 fully saturated rings. The van der Waals surface area contributed by atoms with Crippen molar-refractivity contribution in [1.82, 2.24) is 0 Å². The number of carbonyl (C=O) groups is 1. The number of para-hydroxylation sites is 2. The molecule has 2 aliphatic heterocycles. The van der Waals surface area contributed by atoms with E-state index in [9.17, 15) is 9.90 Å². The second-order valence-electron chi connectivity index (χ2n) is 10.2. The Balaban J connectivity index is 0.000000567. The Morgan fingerprint density at radius 1 is 0.897 bits per heavy atom. The molecule has 0 spiro atoms.